The summed E-state index contributed by atoms with van der Waals surface area (Å²) in [7, 11) is 0. The Morgan fingerprint density at radius 1 is 1.50 bits per heavy atom. The summed E-state index contributed by atoms with van der Waals surface area (Å²) in [6, 6.07) is 0. The molecule has 2 N–H and O–H groups in total. The van der Waals surface area contributed by atoms with Crippen LogP contribution < -0.4 is 5.73 Å². The monoisotopic (exact) mass is 165 g/mol. The van der Waals surface area contributed by atoms with Gasteiger partial charge in [0, 0.05) is 0 Å². The topological polar surface area (TPSA) is 43.1 Å². The van der Waals surface area contributed by atoms with Crippen LogP contribution in [0.15, 0.2) is 23.3 Å². The SMILES string of the molecule is CC1=CC(C(N)=O)CC(C)=CC1. The second-order valence-electron chi connectivity index (χ2n) is 3.48. The van der Waals surface area contributed by atoms with Crippen LogP contribution >= 0.6 is 0 Å². The molecule has 66 valence electrons. The molecule has 0 heterocycles. The van der Waals surface area contributed by atoms with E-state index in [0.29, 0.717) is 0 Å². The molecule has 1 aliphatic carbocycles. The molecule has 1 aliphatic rings. The van der Waals surface area contributed by atoms with Gasteiger partial charge in [-0.2, -0.15) is 0 Å². The summed E-state index contributed by atoms with van der Waals surface area (Å²) in [6.07, 6.45) is 5.88. The molecular formula is C10H15NO. The highest BCUT2D eigenvalue weighted by molar-refractivity contribution is 5.79. The molecule has 2 heteroatoms. The molecule has 0 saturated carbocycles. The number of primary amides is 1. The first-order valence-electron chi connectivity index (χ1n) is 4.22. The Labute approximate surface area is 73.1 Å². The first-order chi connectivity index (χ1) is 5.59. The van der Waals surface area contributed by atoms with Crippen molar-refractivity contribution in [3.8, 4) is 0 Å². The molecule has 0 aliphatic heterocycles. The van der Waals surface area contributed by atoms with Crippen molar-refractivity contribution in [3.63, 3.8) is 0 Å². The van der Waals surface area contributed by atoms with Gasteiger partial charge in [-0.15, -0.1) is 0 Å². The van der Waals surface area contributed by atoms with Crippen LogP contribution in [0, 0.1) is 5.92 Å². The van der Waals surface area contributed by atoms with Crippen molar-refractivity contribution in [1.82, 2.24) is 0 Å². The Morgan fingerprint density at radius 2 is 2.17 bits per heavy atom. The van der Waals surface area contributed by atoms with Gasteiger partial charge >= 0.3 is 0 Å². The Morgan fingerprint density at radius 3 is 2.75 bits per heavy atom. The van der Waals surface area contributed by atoms with Crippen LogP contribution in [-0.2, 0) is 4.79 Å². The lowest BCUT2D eigenvalue weighted by Crippen LogP contribution is -2.21. The van der Waals surface area contributed by atoms with Gasteiger partial charge in [0.05, 0.1) is 5.92 Å². The van der Waals surface area contributed by atoms with E-state index in [0.717, 1.165) is 12.8 Å². The number of amides is 1. The summed E-state index contributed by atoms with van der Waals surface area (Å²) in [5.41, 5.74) is 7.74. The summed E-state index contributed by atoms with van der Waals surface area (Å²) < 4.78 is 0. The van der Waals surface area contributed by atoms with Crippen LogP contribution in [0.2, 0.25) is 0 Å². The van der Waals surface area contributed by atoms with Gasteiger partial charge in [-0.25, -0.2) is 0 Å². The summed E-state index contributed by atoms with van der Waals surface area (Å²) >= 11 is 0. The van der Waals surface area contributed by atoms with Crippen molar-refractivity contribution in [2.45, 2.75) is 26.7 Å². The molecule has 0 aromatic rings. The summed E-state index contributed by atoms with van der Waals surface area (Å²) in [5.74, 6) is -0.312. The summed E-state index contributed by atoms with van der Waals surface area (Å²) in [4.78, 5) is 10.9. The van der Waals surface area contributed by atoms with Crippen LogP contribution in [0.3, 0.4) is 0 Å². The van der Waals surface area contributed by atoms with Gasteiger partial charge in [-0.05, 0) is 26.7 Å². The molecule has 1 atom stereocenters. The van der Waals surface area contributed by atoms with E-state index in [2.05, 4.69) is 6.08 Å². The van der Waals surface area contributed by atoms with E-state index in [-0.39, 0.29) is 11.8 Å². The Balaban J connectivity index is 2.82. The first-order valence-corrected chi connectivity index (χ1v) is 4.22. The van der Waals surface area contributed by atoms with Crippen molar-refractivity contribution in [2.75, 3.05) is 0 Å². The molecule has 2 nitrogen and oxygen atoms in total. The number of nitrogens with two attached hydrogens (primary N) is 1. The molecule has 1 amide bonds. The van der Waals surface area contributed by atoms with Gasteiger partial charge < -0.3 is 5.73 Å². The zero-order valence-corrected chi connectivity index (χ0v) is 7.63. The van der Waals surface area contributed by atoms with E-state index in [4.69, 9.17) is 5.73 Å². The van der Waals surface area contributed by atoms with E-state index in [9.17, 15) is 4.79 Å². The Kier molecular flexibility index (Phi) is 2.69. The maximum Gasteiger partial charge on any atom is 0.224 e. The zero-order chi connectivity index (χ0) is 9.14. The minimum absolute atomic E-state index is 0.0938. The normalized spacial score (nSPS) is 24.0. The second kappa shape index (κ2) is 3.57. The third-order valence-electron chi connectivity index (χ3n) is 2.17. The number of allylic oxidation sites excluding steroid dienone is 3. The van der Waals surface area contributed by atoms with Crippen molar-refractivity contribution < 1.29 is 4.79 Å². The standard InChI is InChI=1S/C10H15NO/c1-7-3-4-8(2)6-9(5-7)10(11)12/h3,6,9H,4-5H2,1-2H3,(H2,11,12). The van der Waals surface area contributed by atoms with Crippen molar-refractivity contribution >= 4 is 5.91 Å². The predicted octanol–water partition coefficient (Wildman–Crippen LogP) is 1.77. The van der Waals surface area contributed by atoms with Gasteiger partial charge in [0.15, 0.2) is 0 Å². The van der Waals surface area contributed by atoms with Crippen LogP contribution in [0.1, 0.15) is 26.7 Å². The van der Waals surface area contributed by atoms with Crippen LogP contribution in [-0.4, -0.2) is 5.91 Å². The van der Waals surface area contributed by atoms with E-state index in [1.807, 2.05) is 19.9 Å². The van der Waals surface area contributed by atoms with Gasteiger partial charge in [-0.1, -0.05) is 23.3 Å². The summed E-state index contributed by atoms with van der Waals surface area (Å²) in [6.45, 7) is 4.08. The highest BCUT2D eigenvalue weighted by atomic mass is 16.1. The quantitative estimate of drug-likeness (QED) is 0.591. The molecule has 1 rings (SSSR count). The van der Waals surface area contributed by atoms with Crippen molar-refractivity contribution in [1.29, 1.82) is 0 Å². The lowest BCUT2D eigenvalue weighted by Gasteiger charge is -2.06. The number of hydrogen-bond acceptors (Lipinski definition) is 1. The average molecular weight is 165 g/mol. The molecular weight excluding hydrogens is 150 g/mol. The van der Waals surface area contributed by atoms with E-state index < -0.39 is 0 Å². The Hall–Kier alpha value is -1.05. The third-order valence-corrected chi connectivity index (χ3v) is 2.17. The van der Waals surface area contributed by atoms with E-state index in [1.165, 1.54) is 11.1 Å². The number of rotatable bonds is 1. The highest BCUT2D eigenvalue weighted by Gasteiger charge is 2.14. The second-order valence-corrected chi connectivity index (χ2v) is 3.48. The maximum absolute atomic E-state index is 10.9. The average Bonchev–Trinajstić information content (AvgIpc) is 2.13. The smallest absolute Gasteiger partial charge is 0.224 e. The molecule has 0 bridgehead atoms. The lowest BCUT2D eigenvalue weighted by atomic mass is 10.00. The molecule has 0 radical (unpaired) electrons. The minimum atomic E-state index is -0.219. The molecule has 0 fully saturated rings. The first kappa shape index (κ1) is 9.04. The Bertz CT molecular complexity index is 251. The fraction of sp³-hybridized carbons (Fsp3) is 0.500. The van der Waals surface area contributed by atoms with E-state index in [1.54, 1.807) is 0 Å². The van der Waals surface area contributed by atoms with Crippen molar-refractivity contribution in [3.05, 3.63) is 23.3 Å². The van der Waals surface area contributed by atoms with E-state index >= 15 is 0 Å². The molecule has 0 saturated heterocycles. The number of carbonyl (C=O) groups excluding carboxylic acids is 1. The number of carbonyl (C=O) groups is 1. The van der Waals surface area contributed by atoms with Crippen LogP contribution in [0.4, 0.5) is 0 Å². The molecule has 0 aromatic heterocycles. The van der Waals surface area contributed by atoms with Gasteiger partial charge in [-0.3, -0.25) is 4.79 Å². The fourth-order valence-corrected chi connectivity index (χ4v) is 1.42. The molecule has 1 unspecified atom stereocenters. The number of hydrogen-bond donors (Lipinski definition) is 1. The van der Waals surface area contributed by atoms with Crippen LogP contribution in [0.25, 0.3) is 0 Å². The minimum Gasteiger partial charge on any atom is -0.369 e. The molecule has 12 heavy (non-hydrogen) atoms. The largest absolute Gasteiger partial charge is 0.369 e. The third kappa shape index (κ3) is 2.22. The van der Waals surface area contributed by atoms with Gasteiger partial charge in [0.1, 0.15) is 0 Å². The maximum atomic E-state index is 10.9. The summed E-state index contributed by atoms with van der Waals surface area (Å²) in [5, 5.41) is 0. The molecule has 0 spiro atoms. The molecule has 0 aromatic carbocycles. The van der Waals surface area contributed by atoms with Crippen LogP contribution in [0.5, 0.6) is 0 Å². The fourth-order valence-electron chi connectivity index (χ4n) is 1.42. The predicted molar refractivity (Wildman–Crippen MR) is 49.4 cm³/mol. The van der Waals surface area contributed by atoms with Gasteiger partial charge in [0.25, 0.3) is 0 Å². The van der Waals surface area contributed by atoms with Crippen molar-refractivity contribution in [2.24, 2.45) is 11.7 Å². The highest BCUT2D eigenvalue weighted by Crippen LogP contribution is 2.21. The lowest BCUT2D eigenvalue weighted by molar-refractivity contribution is -0.120. The zero-order valence-electron chi connectivity index (χ0n) is 7.63. The van der Waals surface area contributed by atoms with Gasteiger partial charge in [0.2, 0.25) is 5.91 Å².